The van der Waals surface area contributed by atoms with Crippen LogP contribution in [0.2, 0.25) is 5.15 Å². The van der Waals surface area contributed by atoms with Gasteiger partial charge >= 0.3 is 5.97 Å². The van der Waals surface area contributed by atoms with Gasteiger partial charge in [-0.2, -0.15) is 0 Å². The lowest BCUT2D eigenvalue weighted by molar-refractivity contribution is -0.137. The lowest BCUT2D eigenvalue weighted by Crippen LogP contribution is -2.46. The molecule has 1 amide bonds. The molecular formula is C15H21ClN2O3. The number of halogens is 1. The molecule has 21 heavy (non-hydrogen) atoms. The number of hydrogen-bond acceptors (Lipinski definition) is 3. The van der Waals surface area contributed by atoms with Crippen LogP contribution in [0.15, 0.2) is 12.1 Å². The number of hydrogen-bond donors (Lipinski definition) is 1. The third kappa shape index (κ3) is 5.01. The van der Waals surface area contributed by atoms with Crippen molar-refractivity contribution in [3.63, 3.8) is 0 Å². The molecule has 1 N–H and O–H groups in total. The van der Waals surface area contributed by atoms with Crippen LogP contribution in [0.1, 0.15) is 50.2 Å². The maximum absolute atomic E-state index is 12.7. The Bertz CT molecular complexity index is 538. The third-order valence-corrected chi connectivity index (χ3v) is 3.25. The van der Waals surface area contributed by atoms with E-state index in [1.807, 2.05) is 27.7 Å². The minimum absolute atomic E-state index is 0.0948. The molecule has 0 unspecified atom stereocenters. The smallest absolute Gasteiger partial charge is 0.305 e. The lowest BCUT2D eigenvalue weighted by Gasteiger charge is -2.35. The maximum atomic E-state index is 12.7. The van der Waals surface area contributed by atoms with Gasteiger partial charge in [0.1, 0.15) is 5.15 Å². The van der Waals surface area contributed by atoms with Crippen LogP contribution in [0.4, 0.5) is 0 Å². The van der Waals surface area contributed by atoms with Gasteiger partial charge in [0.2, 0.25) is 0 Å². The SMILES string of the molecule is CCc1cc(C(=O)N(CCC(=O)O)C(C)(C)C)cc(Cl)n1. The first-order valence-corrected chi connectivity index (χ1v) is 7.23. The Labute approximate surface area is 129 Å². The molecule has 1 heterocycles. The van der Waals surface area contributed by atoms with Crippen molar-refractivity contribution in [3.8, 4) is 0 Å². The number of carbonyl (C=O) groups excluding carboxylic acids is 1. The summed E-state index contributed by atoms with van der Waals surface area (Å²) in [6.07, 6.45) is 0.577. The van der Waals surface area contributed by atoms with Gasteiger partial charge in [0.05, 0.1) is 6.42 Å². The standard InChI is InChI=1S/C15H21ClN2O3/c1-5-11-8-10(9-12(16)17-11)14(21)18(15(2,3)4)7-6-13(19)20/h8-9H,5-7H2,1-4H3,(H,19,20). The van der Waals surface area contributed by atoms with E-state index in [4.69, 9.17) is 16.7 Å². The van der Waals surface area contributed by atoms with E-state index in [-0.39, 0.29) is 24.0 Å². The first-order valence-electron chi connectivity index (χ1n) is 6.85. The molecule has 0 aliphatic carbocycles. The normalized spacial score (nSPS) is 11.3. The van der Waals surface area contributed by atoms with Crippen molar-refractivity contribution in [2.24, 2.45) is 0 Å². The van der Waals surface area contributed by atoms with Gasteiger partial charge in [-0.25, -0.2) is 4.98 Å². The molecule has 0 aliphatic rings. The highest BCUT2D eigenvalue weighted by atomic mass is 35.5. The van der Waals surface area contributed by atoms with Gasteiger partial charge in [0, 0.05) is 23.3 Å². The van der Waals surface area contributed by atoms with E-state index in [1.165, 1.54) is 6.07 Å². The number of carbonyl (C=O) groups is 2. The summed E-state index contributed by atoms with van der Waals surface area (Å²) in [7, 11) is 0. The van der Waals surface area contributed by atoms with Gasteiger partial charge in [-0.3, -0.25) is 9.59 Å². The Kier molecular flexibility index (Phi) is 5.72. The highest BCUT2D eigenvalue weighted by Gasteiger charge is 2.28. The monoisotopic (exact) mass is 312 g/mol. The van der Waals surface area contributed by atoms with Crippen LogP contribution < -0.4 is 0 Å². The molecule has 1 aromatic rings. The molecule has 1 aromatic heterocycles. The van der Waals surface area contributed by atoms with Crippen molar-refractivity contribution in [2.45, 2.75) is 46.1 Å². The van der Waals surface area contributed by atoms with Gasteiger partial charge in [0.15, 0.2) is 0 Å². The predicted octanol–water partition coefficient (Wildman–Crippen LogP) is 3.01. The van der Waals surface area contributed by atoms with E-state index >= 15 is 0 Å². The zero-order valence-electron chi connectivity index (χ0n) is 12.8. The summed E-state index contributed by atoms with van der Waals surface area (Å²) in [5.74, 6) is -1.16. The van der Waals surface area contributed by atoms with Gasteiger partial charge in [-0.15, -0.1) is 0 Å². The maximum Gasteiger partial charge on any atom is 0.305 e. The van der Waals surface area contributed by atoms with E-state index in [0.29, 0.717) is 12.0 Å². The van der Waals surface area contributed by atoms with Crippen LogP contribution in [0.25, 0.3) is 0 Å². The van der Waals surface area contributed by atoms with Crippen LogP contribution in [0.5, 0.6) is 0 Å². The summed E-state index contributed by atoms with van der Waals surface area (Å²) < 4.78 is 0. The number of nitrogens with zero attached hydrogens (tertiary/aromatic N) is 2. The zero-order chi connectivity index (χ0) is 16.2. The van der Waals surface area contributed by atoms with Crippen molar-refractivity contribution < 1.29 is 14.7 Å². The van der Waals surface area contributed by atoms with Crippen molar-refractivity contribution in [1.29, 1.82) is 0 Å². The summed E-state index contributed by atoms with van der Waals surface area (Å²) in [6.45, 7) is 7.70. The number of rotatable bonds is 5. The predicted molar refractivity (Wildman–Crippen MR) is 81.7 cm³/mol. The molecule has 0 aromatic carbocycles. The highest BCUT2D eigenvalue weighted by Crippen LogP contribution is 2.20. The molecule has 0 radical (unpaired) electrons. The molecule has 0 bridgehead atoms. The van der Waals surface area contributed by atoms with Crippen LogP contribution in [0.3, 0.4) is 0 Å². The molecule has 0 spiro atoms. The summed E-state index contributed by atoms with van der Waals surface area (Å²) in [5.41, 5.74) is 0.694. The molecule has 1 rings (SSSR count). The largest absolute Gasteiger partial charge is 0.481 e. The highest BCUT2D eigenvalue weighted by molar-refractivity contribution is 6.29. The summed E-state index contributed by atoms with van der Waals surface area (Å²) in [5, 5.41) is 9.11. The van der Waals surface area contributed by atoms with Gasteiger partial charge in [-0.1, -0.05) is 18.5 Å². The van der Waals surface area contributed by atoms with E-state index < -0.39 is 11.5 Å². The molecule has 116 valence electrons. The first kappa shape index (κ1) is 17.4. The molecular weight excluding hydrogens is 292 g/mol. The summed E-state index contributed by atoms with van der Waals surface area (Å²) in [6, 6.07) is 3.22. The molecule has 6 heteroatoms. The second kappa shape index (κ2) is 6.89. The number of pyridine rings is 1. The molecule has 0 atom stereocenters. The number of carboxylic acid groups (broad SMARTS) is 1. The fourth-order valence-electron chi connectivity index (χ4n) is 1.96. The Hall–Kier alpha value is -1.62. The Morgan fingerprint density at radius 3 is 2.43 bits per heavy atom. The van der Waals surface area contributed by atoms with Crippen molar-refractivity contribution in [1.82, 2.24) is 9.88 Å². The quantitative estimate of drug-likeness (QED) is 0.848. The molecule has 5 nitrogen and oxygen atoms in total. The van der Waals surface area contributed by atoms with Crippen LogP contribution in [-0.4, -0.2) is 39.0 Å². The minimum atomic E-state index is -0.931. The van der Waals surface area contributed by atoms with E-state index in [1.54, 1.807) is 11.0 Å². The molecule has 0 aliphatic heterocycles. The Morgan fingerprint density at radius 2 is 1.95 bits per heavy atom. The average molecular weight is 313 g/mol. The lowest BCUT2D eigenvalue weighted by atomic mass is 10.0. The fourth-order valence-corrected chi connectivity index (χ4v) is 2.19. The van der Waals surface area contributed by atoms with Gasteiger partial charge < -0.3 is 10.0 Å². The van der Waals surface area contributed by atoms with Crippen molar-refractivity contribution in [3.05, 3.63) is 28.5 Å². The van der Waals surface area contributed by atoms with Crippen LogP contribution in [0, 0.1) is 0 Å². The molecule has 0 saturated carbocycles. The van der Waals surface area contributed by atoms with Crippen LogP contribution >= 0.6 is 11.6 Å². The fraction of sp³-hybridized carbons (Fsp3) is 0.533. The summed E-state index contributed by atoms with van der Waals surface area (Å²) in [4.78, 5) is 29.1. The Balaban J connectivity index is 3.10. The molecule has 0 fully saturated rings. The van der Waals surface area contributed by atoms with E-state index in [9.17, 15) is 9.59 Å². The van der Waals surface area contributed by atoms with Gasteiger partial charge in [0.25, 0.3) is 5.91 Å². The number of amides is 1. The zero-order valence-corrected chi connectivity index (χ0v) is 13.6. The Morgan fingerprint density at radius 1 is 1.33 bits per heavy atom. The minimum Gasteiger partial charge on any atom is -0.481 e. The third-order valence-electron chi connectivity index (χ3n) is 3.06. The number of aromatic nitrogens is 1. The first-order chi connectivity index (χ1) is 9.65. The summed E-state index contributed by atoms with van der Waals surface area (Å²) >= 11 is 5.94. The van der Waals surface area contributed by atoms with E-state index in [2.05, 4.69) is 4.98 Å². The van der Waals surface area contributed by atoms with E-state index in [0.717, 1.165) is 5.69 Å². The second-order valence-corrected chi connectivity index (χ2v) is 6.18. The van der Waals surface area contributed by atoms with Crippen LogP contribution in [-0.2, 0) is 11.2 Å². The average Bonchev–Trinajstić information content (AvgIpc) is 2.35. The topological polar surface area (TPSA) is 70.5 Å². The second-order valence-electron chi connectivity index (χ2n) is 5.79. The molecule has 0 saturated heterocycles. The number of aryl methyl sites for hydroxylation is 1. The number of carboxylic acids is 1. The number of aliphatic carboxylic acids is 1. The van der Waals surface area contributed by atoms with Crippen molar-refractivity contribution in [2.75, 3.05) is 6.54 Å². The van der Waals surface area contributed by atoms with Gasteiger partial charge in [-0.05, 0) is 39.3 Å². The van der Waals surface area contributed by atoms with Crippen molar-refractivity contribution >= 4 is 23.5 Å².